The van der Waals surface area contributed by atoms with Gasteiger partial charge in [0.15, 0.2) is 6.23 Å². The molecule has 0 saturated carbocycles. The summed E-state index contributed by atoms with van der Waals surface area (Å²) in [5.74, 6) is -7.66. The van der Waals surface area contributed by atoms with E-state index in [1.165, 1.54) is 36.0 Å². The van der Waals surface area contributed by atoms with Crippen LogP contribution in [0.2, 0.25) is 0 Å². The number of aromatic hydroxyl groups is 1. The first-order valence-electron chi connectivity index (χ1n) is 30.6. The SMILES string of the molecule is CC1=C2N=C(C=C3N/C(=C(/C)C4=N[C@@](C)([C@@H]5N=C1[C@](C)(CCC(=O)NC[C@@H](C)OP(=O)(O)O[C@H]1[C@@H](O)[C@@H](n6cnc7cc(O)ccc76)O[C@@H]1COP(=O)(O)O)[C@H]5CC(N)=O)[C@@](C)(CC(N)=O)[C@@H]4CCC(N)=O)[C@@](C)(CC(N)=O)[C@@H]3CCC(N)=O)C(C)(C)[C@@H]2CCC(N)=O. The lowest BCUT2D eigenvalue weighted by Gasteiger charge is -2.48. The van der Waals surface area contributed by atoms with Crippen molar-refractivity contribution in [3.05, 3.63) is 58.8 Å². The number of benzene rings is 1. The number of amides is 7. The summed E-state index contributed by atoms with van der Waals surface area (Å²) in [6.45, 7) is 14.8. The molecule has 2 saturated heterocycles. The summed E-state index contributed by atoms with van der Waals surface area (Å²) in [5.41, 5.74) is 34.3. The Labute approximate surface area is 536 Å². The van der Waals surface area contributed by atoms with E-state index in [2.05, 4.69) is 20.1 Å². The fourth-order valence-electron chi connectivity index (χ4n) is 15.3. The number of allylic oxidation sites excluding steroid dienone is 6. The van der Waals surface area contributed by atoms with Crippen LogP contribution >= 0.6 is 15.6 Å². The number of carbonyl (C=O) groups is 7. The number of imidazole rings is 1. The Morgan fingerprint density at radius 1 is 0.806 bits per heavy atom. The van der Waals surface area contributed by atoms with Crippen LogP contribution in [0.15, 0.2) is 73.8 Å². The van der Waals surface area contributed by atoms with Gasteiger partial charge in [-0.1, -0.05) is 34.6 Å². The molecule has 2 fully saturated rings. The van der Waals surface area contributed by atoms with Crippen molar-refractivity contribution < 1.29 is 85.9 Å². The van der Waals surface area contributed by atoms with Gasteiger partial charge in [-0.3, -0.25) is 62.1 Å². The minimum absolute atomic E-state index is 0.0405. The fraction of sp³-hybridized carbons (Fsp3) is 0.617. The number of aliphatic hydroxyl groups excluding tert-OH is 1. The highest BCUT2D eigenvalue weighted by atomic mass is 31.2. The highest BCUT2D eigenvalue weighted by Gasteiger charge is 2.66. The lowest BCUT2D eigenvalue weighted by molar-refractivity contribution is -0.124. The molecule has 15 atom stereocenters. The summed E-state index contributed by atoms with van der Waals surface area (Å²) in [7, 11) is -10.4. The lowest BCUT2D eigenvalue weighted by Crippen LogP contribution is -2.56. The number of ether oxygens (including phenoxy) is 1. The van der Waals surface area contributed by atoms with E-state index in [0.29, 0.717) is 50.9 Å². The molecular weight excluding hydrogens is 1250 g/mol. The summed E-state index contributed by atoms with van der Waals surface area (Å²) in [5, 5.41) is 27.9. The monoisotopic (exact) mass is 1340 g/mol. The van der Waals surface area contributed by atoms with E-state index in [4.69, 9.17) is 63.2 Å². The van der Waals surface area contributed by atoms with Crippen molar-refractivity contribution in [3.63, 3.8) is 0 Å². The number of phosphoric acid groups is 2. The third-order valence-electron chi connectivity index (χ3n) is 20.2. The number of phenolic OH excluding ortho intramolecular Hbond substituents is 1. The summed E-state index contributed by atoms with van der Waals surface area (Å²) in [4.78, 5) is 145. The molecule has 7 amide bonds. The second kappa shape index (κ2) is 26.6. The molecular formula is C60H87N13O18P2. The van der Waals surface area contributed by atoms with Crippen LogP contribution in [-0.2, 0) is 61.0 Å². The second-order valence-corrected chi connectivity index (χ2v) is 29.5. The van der Waals surface area contributed by atoms with Gasteiger partial charge in [-0.15, -0.1) is 0 Å². The van der Waals surface area contributed by atoms with Crippen LogP contribution in [0.4, 0.5) is 0 Å². The number of nitrogens with one attached hydrogen (secondary N) is 2. The lowest BCUT2D eigenvalue weighted by atomic mass is 9.55. The van der Waals surface area contributed by atoms with Crippen LogP contribution in [0.25, 0.3) is 11.0 Å². The minimum Gasteiger partial charge on any atom is -0.508 e. The van der Waals surface area contributed by atoms with Gasteiger partial charge in [0.05, 0.1) is 41.7 Å². The first-order chi connectivity index (χ1) is 43.1. The van der Waals surface area contributed by atoms with Gasteiger partial charge in [-0.2, -0.15) is 0 Å². The van der Waals surface area contributed by atoms with Gasteiger partial charge in [-0.05, 0) is 82.7 Å². The molecule has 510 valence electrons. The molecule has 0 aliphatic carbocycles. The van der Waals surface area contributed by atoms with E-state index in [9.17, 15) is 67.6 Å². The number of phenols is 1. The van der Waals surface area contributed by atoms with Crippen molar-refractivity contribution in [2.24, 2.45) is 94.7 Å². The Balaban J connectivity index is 1.19. The van der Waals surface area contributed by atoms with E-state index in [1.54, 1.807) is 20.8 Å². The zero-order valence-electron chi connectivity index (χ0n) is 53.5. The van der Waals surface area contributed by atoms with E-state index < -0.39 is 158 Å². The van der Waals surface area contributed by atoms with Crippen LogP contribution in [0.5, 0.6) is 5.75 Å². The summed E-state index contributed by atoms with van der Waals surface area (Å²) >= 11 is 0. The quantitative estimate of drug-likeness (QED) is 0.0544. The normalized spacial score (nSPS) is 32.3. The molecule has 6 aliphatic rings. The van der Waals surface area contributed by atoms with Gasteiger partial charge >= 0.3 is 15.6 Å². The Kier molecular flexibility index (Phi) is 20.6. The van der Waals surface area contributed by atoms with Gasteiger partial charge in [0.1, 0.15) is 24.1 Å². The number of fused-ring (bicyclic) bond motifs is 7. The van der Waals surface area contributed by atoms with Gasteiger partial charge in [-0.25, -0.2) is 14.1 Å². The average molecular weight is 1340 g/mol. The molecule has 19 N–H and O–H groups in total. The number of hydrogen-bond acceptors (Lipinski definition) is 20. The van der Waals surface area contributed by atoms with Crippen LogP contribution in [0.3, 0.4) is 0 Å². The summed E-state index contributed by atoms with van der Waals surface area (Å²) in [6.07, 6.45) is -6.14. The zero-order chi connectivity index (χ0) is 69.0. The molecule has 31 nitrogen and oxygen atoms in total. The van der Waals surface area contributed by atoms with E-state index in [1.807, 2.05) is 40.7 Å². The van der Waals surface area contributed by atoms with Crippen LogP contribution in [-0.4, -0.2) is 142 Å². The smallest absolute Gasteiger partial charge is 0.472 e. The number of aliphatic imine (C=N–C) groups is 3. The molecule has 8 bridgehead atoms. The summed E-state index contributed by atoms with van der Waals surface area (Å²) < 4.78 is 48.4. The Bertz CT molecular complexity index is 3690. The molecule has 0 spiro atoms. The maximum atomic E-state index is 14.4. The first kappa shape index (κ1) is 71.8. The topological polar surface area (TPSA) is 527 Å². The minimum atomic E-state index is -5.28. The standard InChI is InChI=1S/C60H87N13O18P2/c1-28(90-93(86,87)91-51-39(26-88-92(83,84)85)89-55(50(51)82)73-27-68-37-20-31(74)10-14-38(37)73)25-67-47(81)18-19-57(6)35(21-44(64)78)54-60(9)59(8,24-46(66)80)34(13-17-43(63)77)49(72-60)30(3)53-58(7,23-45(65)79)32(11-15-41(61)75)36(69-53)22-40-56(4,5)33(12-16-42(62)76)48(70-40)29(2)52(57)71-54/h10,14,20,22,27-28,32-35,39,50-51,54-55,69,74,82H,11-13,15-19,21,23-26H2,1-9H3,(H2,61,75)(H2,62,76)(H2,63,77)(H2,64,78)(H2,65,79)(H2,66,80)(H,67,81)(H,86,87)(H2,83,84,85)/b36-22?,48-29?,53-30-/t28-,32-,33-,34-,35+,39-,50-,51-,54-,55+,57-,58+,59+,60+/m1/s1. The van der Waals surface area contributed by atoms with Gasteiger partial charge in [0.2, 0.25) is 41.4 Å². The molecule has 93 heavy (non-hydrogen) atoms. The van der Waals surface area contributed by atoms with Crippen LogP contribution < -0.4 is 45.0 Å². The van der Waals surface area contributed by atoms with Crippen molar-refractivity contribution in [2.75, 3.05) is 13.2 Å². The highest BCUT2D eigenvalue weighted by molar-refractivity contribution is 7.47. The van der Waals surface area contributed by atoms with Crippen LogP contribution in [0.1, 0.15) is 139 Å². The number of primary amides is 6. The molecule has 0 radical (unpaired) electrons. The number of aromatic nitrogens is 2. The largest absolute Gasteiger partial charge is 0.508 e. The van der Waals surface area contributed by atoms with Crippen molar-refractivity contribution in [3.8, 4) is 5.75 Å². The average Bonchev–Trinajstić information content (AvgIpc) is 1.53. The number of rotatable bonds is 28. The number of nitrogens with zero attached hydrogens (tertiary/aromatic N) is 5. The second-order valence-electron chi connectivity index (χ2n) is 26.9. The van der Waals surface area contributed by atoms with Gasteiger partial charge in [0.25, 0.3) is 0 Å². The Morgan fingerprint density at radius 2 is 1.42 bits per heavy atom. The van der Waals surface area contributed by atoms with E-state index in [0.717, 1.165) is 0 Å². The zero-order valence-corrected chi connectivity index (χ0v) is 55.3. The van der Waals surface area contributed by atoms with Gasteiger partial charge in [0, 0.05) is 137 Å². The van der Waals surface area contributed by atoms with Crippen molar-refractivity contribution >= 4 is 85.2 Å². The van der Waals surface area contributed by atoms with Crippen molar-refractivity contribution in [1.29, 1.82) is 0 Å². The van der Waals surface area contributed by atoms with E-state index >= 15 is 0 Å². The van der Waals surface area contributed by atoms with Crippen molar-refractivity contribution in [1.82, 2.24) is 20.2 Å². The molecule has 8 rings (SSSR count). The predicted molar refractivity (Wildman–Crippen MR) is 337 cm³/mol. The highest BCUT2D eigenvalue weighted by Crippen LogP contribution is 2.63. The molecule has 1 aromatic carbocycles. The number of phosphoric ester groups is 2. The van der Waals surface area contributed by atoms with E-state index in [-0.39, 0.29) is 81.9 Å². The first-order valence-corrected chi connectivity index (χ1v) is 33.6. The predicted octanol–water partition coefficient (Wildman–Crippen LogP) is 2.37. The Morgan fingerprint density at radius 3 is 2.01 bits per heavy atom. The number of aliphatic hydroxyl groups is 1. The fourth-order valence-corrected chi connectivity index (χ4v) is 16.8. The molecule has 7 heterocycles. The number of hydrogen-bond donors (Lipinski definition) is 13. The summed E-state index contributed by atoms with van der Waals surface area (Å²) in [6, 6.07) is 3.03. The van der Waals surface area contributed by atoms with Crippen molar-refractivity contribution in [2.45, 2.75) is 175 Å². The van der Waals surface area contributed by atoms with Gasteiger partial charge < -0.3 is 79.2 Å². The Hall–Kier alpha value is -7.05. The maximum absolute atomic E-state index is 14.4. The molecule has 2 aromatic rings. The third kappa shape index (κ3) is 14.5. The molecule has 1 unspecified atom stereocenters. The number of carbonyl (C=O) groups excluding carboxylic acids is 7. The molecule has 6 aliphatic heterocycles. The third-order valence-corrected chi connectivity index (χ3v) is 21.8. The number of nitrogens with two attached hydrogens (primary N) is 6. The molecule has 1 aromatic heterocycles. The van der Waals surface area contributed by atoms with Crippen LogP contribution in [0, 0.1) is 45.3 Å². The molecule has 33 heteroatoms. The maximum Gasteiger partial charge on any atom is 0.472 e.